The molecule has 0 unspecified atom stereocenters. The maximum atomic E-state index is 12.0. The van der Waals surface area contributed by atoms with E-state index in [1.54, 1.807) is 32.5 Å². The molecule has 0 saturated carbocycles. The summed E-state index contributed by atoms with van der Waals surface area (Å²) in [5.41, 5.74) is -0.642. The molecule has 21 heavy (non-hydrogen) atoms. The summed E-state index contributed by atoms with van der Waals surface area (Å²) >= 11 is 1.55. The smallest absolute Gasteiger partial charge is 0.408 e. The lowest BCUT2D eigenvalue weighted by molar-refractivity contribution is -0.141. The van der Waals surface area contributed by atoms with Crippen LogP contribution in [0.15, 0.2) is 0 Å². The molecular formula is C13H24N2O5S. The molecule has 0 spiro atoms. The minimum atomic E-state index is -0.753. The molecule has 0 aliphatic carbocycles. The fourth-order valence-corrected chi connectivity index (χ4v) is 1.78. The van der Waals surface area contributed by atoms with Gasteiger partial charge in [-0.2, -0.15) is 11.8 Å². The molecule has 1 atom stereocenters. The van der Waals surface area contributed by atoms with E-state index in [0.717, 1.165) is 0 Å². The Labute approximate surface area is 129 Å². The zero-order valence-corrected chi connectivity index (χ0v) is 14.0. The maximum Gasteiger partial charge on any atom is 0.408 e. The number of nitrogens with one attached hydrogen (secondary N) is 2. The predicted molar refractivity (Wildman–Crippen MR) is 81.2 cm³/mol. The van der Waals surface area contributed by atoms with Crippen molar-refractivity contribution < 1.29 is 23.9 Å². The third-order valence-corrected chi connectivity index (χ3v) is 2.90. The van der Waals surface area contributed by atoms with Gasteiger partial charge in [-0.1, -0.05) is 0 Å². The van der Waals surface area contributed by atoms with Crippen molar-refractivity contribution in [2.75, 3.05) is 25.7 Å². The van der Waals surface area contributed by atoms with Crippen molar-refractivity contribution >= 4 is 29.7 Å². The van der Waals surface area contributed by atoms with Crippen molar-refractivity contribution in [3.8, 4) is 0 Å². The Morgan fingerprint density at radius 3 is 2.33 bits per heavy atom. The number of hydrogen-bond acceptors (Lipinski definition) is 6. The van der Waals surface area contributed by atoms with Crippen LogP contribution in [0.25, 0.3) is 0 Å². The predicted octanol–water partition coefficient (Wildman–Crippen LogP) is 0.922. The molecule has 0 saturated heterocycles. The van der Waals surface area contributed by atoms with Gasteiger partial charge in [-0.3, -0.25) is 9.59 Å². The van der Waals surface area contributed by atoms with Crippen LogP contribution in [-0.4, -0.2) is 55.3 Å². The summed E-state index contributed by atoms with van der Waals surface area (Å²) in [6, 6.07) is -0.753. The molecule has 2 N–H and O–H groups in total. The molecule has 0 aliphatic rings. The topological polar surface area (TPSA) is 93.7 Å². The van der Waals surface area contributed by atoms with E-state index in [9.17, 15) is 14.4 Å². The molecule has 0 fully saturated rings. The Morgan fingerprint density at radius 1 is 1.24 bits per heavy atom. The summed E-state index contributed by atoms with van der Waals surface area (Å²) in [7, 11) is 1.23. The largest absolute Gasteiger partial charge is 0.468 e. The van der Waals surface area contributed by atoms with Crippen molar-refractivity contribution in [3.05, 3.63) is 0 Å². The second-order valence-electron chi connectivity index (χ2n) is 5.27. The molecular weight excluding hydrogens is 296 g/mol. The van der Waals surface area contributed by atoms with Gasteiger partial charge in [0.15, 0.2) is 0 Å². The highest BCUT2D eigenvalue weighted by Gasteiger charge is 2.24. The lowest BCUT2D eigenvalue weighted by atomic mass is 10.2. The molecule has 8 heteroatoms. The van der Waals surface area contributed by atoms with Gasteiger partial charge in [-0.05, 0) is 39.2 Å². The molecule has 122 valence electrons. The van der Waals surface area contributed by atoms with Crippen LogP contribution in [0.4, 0.5) is 4.79 Å². The SMILES string of the molecule is COC(=O)CNC(=O)[C@@H](CCSC)NC(=O)OC(C)(C)C. The van der Waals surface area contributed by atoms with Crippen molar-refractivity contribution in [2.24, 2.45) is 0 Å². The number of thioether (sulfide) groups is 1. The first-order valence-corrected chi connectivity index (χ1v) is 7.92. The summed E-state index contributed by atoms with van der Waals surface area (Å²) in [6.07, 6.45) is 1.67. The van der Waals surface area contributed by atoms with Gasteiger partial charge in [0, 0.05) is 0 Å². The number of methoxy groups -OCH3 is 1. The average molecular weight is 320 g/mol. The van der Waals surface area contributed by atoms with Gasteiger partial charge in [0.2, 0.25) is 5.91 Å². The third kappa shape index (κ3) is 10.0. The molecule has 0 aromatic rings. The maximum absolute atomic E-state index is 12.0. The Morgan fingerprint density at radius 2 is 1.86 bits per heavy atom. The van der Waals surface area contributed by atoms with E-state index in [4.69, 9.17) is 4.74 Å². The zero-order valence-electron chi connectivity index (χ0n) is 13.1. The summed E-state index contributed by atoms with van der Waals surface area (Å²) in [6.45, 7) is 4.98. The van der Waals surface area contributed by atoms with Gasteiger partial charge in [-0.15, -0.1) is 0 Å². The fourth-order valence-electron chi connectivity index (χ4n) is 1.31. The van der Waals surface area contributed by atoms with E-state index in [-0.39, 0.29) is 6.54 Å². The van der Waals surface area contributed by atoms with Crippen LogP contribution in [0.1, 0.15) is 27.2 Å². The Bertz CT molecular complexity index is 368. The Hall–Kier alpha value is -1.44. The zero-order chi connectivity index (χ0) is 16.5. The van der Waals surface area contributed by atoms with Crippen molar-refractivity contribution in [1.82, 2.24) is 10.6 Å². The molecule has 7 nitrogen and oxygen atoms in total. The first-order chi connectivity index (χ1) is 9.69. The second kappa shape index (κ2) is 9.49. The van der Waals surface area contributed by atoms with Crippen LogP contribution in [0.2, 0.25) is 0 Å². The highest BCUT2D eigenvalue weighted by molar-refractivity contribution is 7.98. The first-order valence-electron chi connectivity index (χ1n) is 6.52. The molecule has 0 aromatic heterocycles. The minimum absolute atomic E-state index is 0.235. The van der Waals surface area contributed by atoms with Crippen LogP contribution in [0, 0.1) is 0 Å². The molecule has 0 radical (unpaired) electrons. The van der Waals surface area contributed by atoms with Crippen LogP contribution < -0.4 is 10.6 Å². The van der Waals surface area contributed by atoms with Crippen LogP contribution >= 0.6 is 11.8 Å². The quantitative estimate of drug-likeness (QED) is 0.678. The van der Waals surface area contributed by atoms with E-state index in [2.05, 4.69) is 15.4 Å². The van der Waals surface area contributed by atoms with Gasteiger partial charge in [0.05, 0.1) is 7.11 Å². The number of carbonyl (C=O) groups excluding carboxylic acids is 3. The molecule has 0 aromatic carbocycles. The normalized spacial score (nSPS) is 12.2. The monoisotopic (exact) mass is 320 g/mol. The number of alkyl carbamates (subject to hydrolysis) is 1. The minimum Gasteiger partial charge on any atom is -0.468 e. The highest BCUT2D eigenvalue weighted by atomic mass is 32.2. The Kier molecular flexibility index (Phi) is 8.84. The molecule has 0 bridgehead atoms. The van der Waals surface area contributed by atoms with E-state index in [1.165, 1.54) is 7.11 Å². The van der Waals surface area contributed by atoms with Gasteiger partial charge < -0.3 is 20.1 Å². The standard InChI is InChI=1S/C13H24N2O5S/c1-13(2,3)20-12(18)15-9(6-7-21-5)11(17)14-8-10(16)19-4/h9H,6-8H2,1-5H3,(H,14,17)(H,15,18)/t9-/m1/s1. The number of hydrogen-bond donors (Lipinski definition) is 2. The lowest BCUT2D eigenvalue weighted by Crippen LogP contribution is -2.49. The van der Waals surface area contributed by atoms with Crippen molar-refractivity contribution in [1.29, 1.82) is 0 Å². The van der Waals surface area contributed by atoms with E-state index in [1.807, 2.05) is 6.26 Å². The third-order valence-electron chi connectivity index (χ3n) is 2.25. The summed E-state index contributed by atoms with van der Waals surface area (Å²) < 4.78 is 9.56. The summed E-state index contributed by atoms with van der Waals surface area (Å²) in [4.78, 5) is 34.7. The number of rotatable bonds is 7. The van der Waals surface area contributed by atoms with Gasteiger partial charge in [-0.25, -0.2) is 4.79 Å². The fraction of sp³-hybridized carbons (Fsp3) is 0.769. The van der Waals surface area contributed by atoms with E-state index in [0.29, 0.717) is 12.2 Å². The highest BCUT2D eigenvalue weighted by Crippen LogP contribution is 2.08. The molecule has 0 aliphatic heterocycles. The van der Waals surface area contributed by atoms with E-state index >= 15 is 0 Å². The number of amides is 2. The van der Waals surface area contributed by atoms with Crippen molar-refractivity contribution in [2.45, 2.75) is 38.8 Å². The van der Waals surface area contributed by atoms with Gasteiger partial charge in [0.1, 0.15) is 18.2 Å². The molecule has 0 rings (SSSR count). The number of carbonyl (C=O) groups is 3. The molecule has 2 amide bonds. The van der Waals surface area contributed by atoms with Gasteiger partial charge >= 0.3 is 12.1 Å². The second-order valence-corrected chi connectivity index (χ2v) is 6.26. The van der Waals surface area contributed by atoms with Gasteiger partial charge in [0.25, 0.3) is 0 Å². The van der Waals surface area contributed by atoms with Crippen LogP contribution in [0.3, 0.4) is 0 Å². The van der Waals surface area contributed by atoms with Crippen molar-refractivity contribution in [3.63, 3.8) is 0 Å². The summed E-state index contributed by atoms with van der Waals surface area (Å²) in [5, 5.41) is 4.93. The van der Waals surface area contributed by atoms with Crippen LogP contribution in [0.5, 0.6) is 0 Å². The lowest BCUT2D eigenvalue weighted by Gasteiger charge is -2.23. The first kappa shape index (κ1) is 19.6. The number of ether oxygens (including phenoxy) is 2. The number of esters is 1. The average Bonchev–Trinajstić information content (AvgIpc) is 2.38. The summed E-state index contributed by atoms with van der Waals surface area (Å²) in [5.74, 6) is -0.309. The van der Waals surface area contributed by atoms with E-state index < -0.39 is 29.6 Å². The Balaban J connectivity index is 4.52. The molecule has 0 heterocycles. The van der Waals surface area contributed by atoms with Crippen LogP contribution in [-0.2, 0) is 19.1 Å².